The van der Waals surface area contributed by atoms with Crippen LogP contribution in [-0.2, 0) is 6.42 Å². The van der Waals surface area contributed by atoms with E-state index in [1.54, 1.807) is 6.07 Å². The number of carboxylic acids is 1. The quantitative estimate of drug-likeness (QED) is 0.887. The highest BCUT2D eigenvalue weighted by Gasteiger charge is 2.25. The third-order valence-electron chi connectivity index (χ3n) is 3.90. The maximum Gasteiger partial charge on any atom is 0.336 e. The number of rotatable bonds is 4. The summed E-state index contributed by atoms with van der Waals surface area (Å²) in [5.74, 6) is -0.807. The van der Waals surface area contributed by atoms with Crippen LogP contribution in [0.4, 0.5) is 5.69 Å². The lowest BCUT2D eigenvalue weighted by Gasteiger charge is -2.37. The van der Waals surface area contributed by atoms with Gasteiger partial charge in [0.05, 0.1) is 5.56 Å². The number of hydrogen-bond donors (Lipinski definition) is 1. The molecule has 1 aromatic rings. The van der Waals surface area contributed by atoms with Gasteiger partial charge in [-0.05, 0) is 43.4 Å². The molecule has 3 heteroatoms. The van der Waals surface area contributed by atoms with E-state index in [0.29, 0.717) is 11.6 Å². The van der Waals surface area contributed by atoms with Crippen LogP contribution in [0.3, 0.4) is 0 Å². The minimum absolute atomic E-state index is 0.475. The summed E-state index contributed by atoms with van der Waals surface area (Å²) < 4.78 is 0. The van der Waals surface area contributed by atoms with Crippen molar-refractivity contribution in [2.75, 3.05) is 11.4 Å². The topological polar surface area (TPSA) is 40.5 Å². The van der Waals surface area contributed by atoms with E-state index >= 15 is 0 Å². The van der Waals surface area contributed by atoms with E-state index in [2.05, 4.69) is 24.8 Å². The molecular formula is C15H21NO2. The molecule has 0 fully saturated rings. The van der Waals surface area contributed by atoms with Crippen molar-refractivity contribution in [2.45, 2.75) is 45.6 Å². The first-order chi connectivity index (χ1) is 8.69. The Bertz CT molecular complexity index is 438. The molecule has 18 heavy (non-hydrogen) atoms. The number of benzene rings is 1. The molecule has 0 amide bonds. The lowest BCUT2D eigenvalue weighted by Crippen LogP contribution is -2.38. The molecular weight excluding hydrogens is 226 g/mol. The van der Waals surface area contributed by atoms with Gasteiger partial charge in [0.1, 0.15) is 0 Å². The lowest BCUT2D eigenvalue weighted by atomic mass is 9.94. The average molecular weight is 247 g/mol. The van der Waals surface area contributed by atoms with Crippen molar-refractivity contribution in [2.24, 2.45) is 0 Å². The number of carbonyl (C=O) groups is 1. The van der Waals surface area contributed by atoms with Gasteiger partial charge in [0.2, 0.25) is 0 Å². The van der Waals surface area contributed by atoms with Crippen LogP contribution in [-0.4, -0.2) is 23.7 Å². The molecule has 1 aliphatic rings. The van der Waals surface area contributed by atoms with E-state index in [4.69, 9.17) is 0 Å². The van der Waals surface area contributed by atoms with Gasteiger partial charge in [-0.2, -0.15) is 0 Å². The standard InChI is InChI=1S/C15H21NO2/c1-3-11(4-2)16-10-6-8-12-13(15(17)18)7-5-9-14(12)16/h5,7,9,11H,3-4,6,8,10H2,1-2H3,(H,17,18). The molecule has 0 saturated heterocycles. The van der Waals surface area contributed by atoms with E-state index in [-0.39, 0.29) is 0 Å². The molecule has 0 spiro atoms. The Balaban J connectivity index is 2.44. The summed E-state index contributed by atoms with van der Waals surface area (Å²) in [4.78, 5) is 13.7. The maximum atomic E-state index is 11.3. The molecule has 0 atom stereocenters. The van der Waals surface area contributed by atoms with Crippen LogP contribution in [0.25, 0.3) is 0 Å². The van der Waals surface area contributed by atoms with Gasteiger partial charge in [-0.15, -0.1) is 0 Å². The van der Waals surface area contributed by atoms with Crippen LogP contribution < -0.4 is 4.90 Å². The first-order valence-electron chi connectivity index (χ1n) is 6.80. The first kappa shape index (κ1) is 12.9. The van der Waals surface area contributed by atoms with Crippen LogP contribution in [0.2, 0.25) is 0 Å². The lowest BCUT2D eigenvalue weighted by molar-refractivity contribution is 0.0695. The van der Waals surface area contributed by atoms with Crippen LogP contribution in [0, 0.1) is 0 Å². The summed E-state index contributed by atoms with van der Waals surface area (Å²) in [5.41, 5.74) is 2.63. The fourth-order valence-electron chi connectivity index (χ4n) is 2.96. The minimum atomic E-state index is -0.807. The largest absolute Gasteiger partial charge is 0.478 e. The molecule has 0 aromatic heterocycles. The zero-order valence-corrected chi connectivity index (χ0v) is 11.1. The fourth-order valence-corrected chi connectivity index (χ4v) is 2.96. The van der Waals surface area contributed by atoms with Crippen LogP contribution in [0.5, 0.6) is 0 Å². The Hall–Kier alpha value is -1.51. The molecule has 1 aromatic carbocycles. The number of anilines is 1. The summed E-state index contributed by atoms with van der Waals surface area (Å²) in [6, 6.07) is 6.17. The highest BCUT2D eigenvalue weighted by molar-refractivity contribution is 5.91. The molecule has 0 bridgehead atoms. The highest BCUT2D eigenvalue weighted by atomic mass is 16.4. The summed E-state index contributed by atoms with van der Waals surface area (Å²) in [6.45, 7) is 5.44. The van der Waals surface area contributed by atoms with E-state index < -0.39 is 5.97 Å². The van der Waals surface area contributed by atoms with Crippen molar-refractivity contribution < 1.29 is 9.90 Å². The van der Waals surface area contributed by atoms with E-state index in [1.165, 1.54) is 0 Å². The van der Waals surface area contributed by atoms with E-state index in [1.807, 2.05) is 6.07 Å². The summed E-state index contributed by atoms with van der Waals surface area (Å²) in [6.07, 6.45) is 4.14. The zero-order valence-electron chi connectivity index (χ0n) is 11.1. The monoisotopic (exact) mass is 247 g/mol. The second-order valence-corrected chi connectivity index (χ2v) is 4.88. The van der Waals surface area contributed by atoms with E-state index in [9.17, 15) is 9.90 Å². The van der Waals surface area contributed by atoms with Crippen LogP contribution >= 0.6 is 0 Å². The van der Waals surface area contributed by atoms with Gasteiger partial charge in [-0.25, -0.2) is 4.79 Å². The predicted octanol–water partition coefficient (Wildman–Crippen LogP) is 3.33. The maximum absolute atomic E-state index is 11.3. The SMILES string of the molecule is CCC(CC)N1CCCc2c(C(=O)O)cccc21. The predicted molar refractivity (Wildman–Crippen MR) is 73.4 cm³/mol. The van der Waals surface area contributed by atoms with Gasteiger partial charge in [-0.1, -0.05) is 19.9 Å². The normalized spacial score (nSPS) is 14.7. The van der Waals surface area contributed by atoms with Gasteiger partial charge in [0.25, 0.3) is 0 Å². The third-order valence-corrected chi connectivity index (χ3v) is 3.90. The van der Waals surface area contributed by atoms with Gasteiger partial charge >= 0.3 is 5.97 Å². The van der Waals surface area contributed by atoms with Crippen molar-refractivity contribution in [1.82, 2.24) is 0 Å². The number of carboxylic acid groups (broad SMARTS) is 1. The molecule has 98 valence electrons. The summed E-state index contributed by atoms with van der Waals surface area (Å²) in [7, 11) is 0. The average Bonchev–Trinajstić information content (AvgIpc) is 2.39. The third kappa shape index (κ3) is 2.22. The Morgan fingerprint density at radius 1 is 1.39 bits per heavy atom. The number of nitrogens with zero attached hydrogens (tertiary/aromatic N) is 1. The molecule has 1 heterocycles. The molecule has 0 radical (unpaired) electrons. The van der Waals surface area contributed by atoms with Crippen LogP contribution in [0.15, 0.2) is 18.2 Å². The van der Waals surface area contributed by atoms with Gasteiger partial charge in [0.15, 0.2) is 0 Å². The molecule has 3 nitrogen and oxygen atoms in total. The molecule has 1 N–H and O–H groups in total. The number of fused-ring (bicyclic) bond motifs is 1. The Labute approximate surface area is 108 Å². The molecule has 0 saturated carbocycles. The smallest absolute Gasteiger partial charge is 0.336 e. The van der Waals surface area contributed by atoms with Crippen molar-refractivity contribution in [3.63, 3.8) is 0 Å². The Morgan fingerprint density at radius 2 is 2.11 bits per heavy atom. The van der Waals surface area contributed by atoms with Crippen molar-refractivity contribution >= 4 is 11.7 Å². The Kier molecular flexibility index (Phi) is 3.90. The van der Waals surface area contributed by atoms with Gasteiger partial charge in [-0.3, -0.25) is 0 Å². The molecule has 2 rings (SSSR count). The molecule has 1 aliphatic heterocycles. The highest BCUT2D eigenvalue weighted by Crippen LogP contribution is 2.32. The first-order valence-corrected chi connectivity index (χ1v) is 6.80. The fraction of sp³-hybridized carbons (Fsp3) is 0.533. The molecule has 0 unspecified atom stereocenters. The van der Waals surface area contributed by atoms with Crippen molar-refractivity contribution in [3.8, 4) is 0 Å². The molecule has 0 aliphatic carbocycles. The number of aromatic carboxylic acids is 1. The summed E-state index contributed by atoms with van der Waals surface area (Å²) in [5, 5.41) is 9.26. The second kappa shape index (κ2) is 5.42. The van der Waals surface area contributed by atoms with Crippen molar-refractivity contribution in [1.29, 1.82) is 0 Å². The van der Waals surface area contributed by atoms with Gasteiger partial charge in [0, 0.05) is 18.3 Å². The number of hydrogen-bond acceptors (Lipinski definition) is 2. The summed E-state index contributed by atoms with van der Waals surface area (Å²) >= 11 is 0. The van der Waals surface area contributed by atoms with E-state index in [0.717, 1.165) is 43.5 Å². The zero-order chi connectivity index (χ0) is 13.1. The Morgan fingerprint density at radius 3 is 2.72 bits per heavy atom. The van der Waals surface area contributed by atoms with Gasteiger partial charge < -0.3 is 10.0 Å². The van der Waals surface area contributed by atoms with Crippen molar-refractivity contribution in [3.05, 3.63) is 29.3 Å². The second-order valence-electron chi connectivity index (χ2n) is 4.88. The van der Waals surface area contributed by atoms with Crippen LogP contribution in [0.1, 0.15) is 49.0 Å². The minimum Gasteiger partial charge on any atom is -0.478 e.